The Morgan fingerprint density at radius 3 is 1.00 bits per heavy atom. The van der Waals surface area contributed by atoms with Gasteiger partial charge in [0.2, 0.25) is 5.91 Å². The minimum absolute atomic E-state index is 0.356. The Morgan fingerprint density at radius 1 is 0.362 bits per heavy atom. The van der Waals surface area contributed by atoms with Crippen molar-refractivity contribution in [2.24, 2.45) is 0 Å². The summed E-state index contributed by atoms with van der Waals surface area (Å²) in [4.78, 5) is 12.6. The highest BCUT2D eigenvalue weighted by atomic mass is 16.3. The van der Waals surface area contributed by atoms with Gasteiger partial charge in [0.25, 0.3) is 0 Å². The molecule has 406 valence electrons. The van der Waals surface area contributed by atoms with E-state index < -0.39 is 36.9 Å². The number of amides is 1. The minimum atomic E-state index is -1.29. The molecule has 0 rings (SSSR count). The zero-order valence-corrected chi connectivity index (χ0v) is 46.1. The molecule has 0 aliphatic rings. The van der Waals surface area contributed by atoms with E-state index in [9.17, 15) is 25.2 Å². The van der Waals surface area contributed by atoms with Crippen LogP contribution in [0.1, 0.15) is 316 Å². The molecule has 0 heterocycles. The summed E-state index contributed by atoms with van der Waals surface area (Å²) in [5.74, 6) is -0.598. The van der Waals surface area contributed by atoms with Crippen molar-refractivity contribution in [2.75, 3.05) is 6.61 Å². The lowest BCUT2D eigenvalue weighted by Crippen LogP contribution is -2.53. The summed E-state index contributed by atoms with van der Waals surface area (Å²) in [5, 5.41) is 44.0. The van der Waals surface area contributed by atoms with Crippen LogP contribution in [0.25, 0.3) is 0 Å². The maximum Gasteiger partial charge on any atom is 0.249 e. The van der Waals surface area contributed by atoms with Gasteiger partial charge in [0.05, 0.1) is 18.8 Å². The van der Waals surface area contributed by atoms with E-state index in [1.54, 1.807) is 0 Å². The third-order valence-electron chi connectivity index (χ3n) is 14.2. The summed E-state index contributed by atoms with van der Waals surface area (Å²) in [7, 11) is 0. The number of unbranched alkanes of at least 4 members (excludes halogenated alkanes) is 39. The van der Waals surface area contributed by atoms with Crippen LogP contribution in [0.2, 0.25) is 0 Å². The van der Waals surface area contributed by atoms with Crippen LogP contribution < -0.4 is 5.32 Å². The molecule has 0 saturated carbocycles. The molecule has 4 atom stereocenters. The molecule has 0 fully saturated rings. The molecule has 69 heavy (non-hydrogen) atoms. The van der Waals surface area contributed by atoms with Gasteiger partial charge in [-0.05, 0) is 83.5 Å². The van der Waals surface area contributed by atoms with Gasteiger partial charge in [0.15, 0.2) is 0 Å². The molecule has 1 amide bonds. The molecule has 0 spiro atoms. The molecule has 0 saturated heterocycles. The van der Waals surface area contributed by atoms with Crippen molar-refractivity contribution in [1.29, 1.82) is 0 Å². The molecule has 6 heteroatoms. The number of aliphatic hydroxyl groups is 4. The van der Waals surface area contributed by atoms with Crippen LogP contribution in [-0.4, -0.2) is 57.3 Å². The highest BCUT2D eigenvalue weighted by Gasteiger charge is 2.28. The monoisotopic (exact) mass is 970 g/mol. The molecule has 6 nitrogen and oxygen atoms in total. The number of aliphatic hydroxyl groups excluding tert-OH is 4. The lowest BCUT2D eigenvalue weighted by Gasteiger charge is -2.27. The summed E-state index contributed by atoms with van der Waals surface area (Å²) >= 11 is 0. The van der Waals surface area contributed by atoms with Crippen molar-refractivity contribution >= 4 is 5.91 Å². The largest absolute Gasteiger partial charge is 0.394 e. The summed E-state index contributed by atoms with van der Waals surface area (Å²) in [6.07, 6.45) is 73.4. The Hall–Kier alpha value is -1.73. The number of hydrogen-bond donors (Lipinski definition) is 5. The Bertz CT molecular complexity index is 1130. The van der Waals surface area contributed by atoms with Gasteiger partial charge in [-0.1, -0.05) is 281 Å². The number of carbonyl (C=O) groups excluding carboxylic acids is 1. The second-order valence-electron chi connectivity index (χ2n) is 21.0. The fourth-order valence-corrected chi connectivity index (χ4v) is 9.45. The smallest absolute Gasteiger partial charge is 0.249 e. The van der Waals surface area contributed by atoms with Crippen LogP contribution in [0, 0.1) is 0 Å². The predicted octanol–water partition coefficient (Wildman–Crippen LogP) is 18.1. The topological polar surface area (TPSA) is 110 Å². The first-order valence-corrected chi connectivity index (χ1v) is 30.5. The Kier molecular flexibility index (Phi) is 55.7. The molecular weight excluding hydrogens is 851 g/mol. The molecule has 0 aromatic rings. The molecule has 0 aromatic carbocycles. The lowest BCUT2D eigenvalue weighted by atomic mass is 10.00. The zero-order valence-electron chi connectivity index (χ0n) is 46.1. The Labute approximate surface area is 429 Å². The first kappa shape index (κ1) is 67.3. The Morgan fingerprint density at radius 2 is 0.652 bits per heavy atom. The van der Waals surface area contributed by atoms with Gasteiger partial charge in [0, 0.05) is 0 Å². The number of carbonyl (C=O) groups is 1. The van der Waals surface area contributed by atoms with Crippen molar-refractivity contribution in [2.45, 2.75) is 340 Å². The van der Waals surface area contributed by atoms with Gasteiger partial charge in [-0.25, -0.2) is 0 Å². The van der Waals surface area contributed by atoms with E-state index >= 15 is 0 Å². The number of nitrogens with one attached hydrogen (secondary N) is 1. The number of hydrogen-bond acceptors (Lipinski definition) is 5. The fourth-order valence-electron chi connectivity index (χ4n) is 9.45. The van der Waals surface area contributed by atoms with E-state index in [-0.39, 0.29) is 0 Å². The average molecular weight is 971 g/mol. The van der Waals surface area contributed by atoms with E-state index in [0.717, 1.165) is 44.9 Å². The third kappa shape index (κ3) is 51.0. The van der Waals surface area contributed by atoms with Gasteiger partial charge in [0.1, 0.15) is 12.2 Å². The van der Waals surface area contributed by atoms with Gasteiger partial charge >= 0.3 is 0 Å². The summed E-state index contributed by atoms with van der Waals surface area (Å²) < 4.78 is 0. The molecule has 0 radical (unpaired) electrons. The summed E-state index contributed by atoms with van der Waals surface area (Å²) in [6.45, 7) is 4.07. The van der Waals surface area contributed by atoms with E-state index in [1.807, 2.05) is 0 Å². The van der Waals surface area contributed by atoms with Gasteiger partial charge in [-0.2, -0.15) is 0 Å². The molecule has 0 bridgehead atoms. The van der Waals surface area contributed by atoms with Crippen LogP contribution in [0.4, 0.5) is 0 Å². The second kappa shape index (κ2) is 57.2. The first-order valence-electron chi connectivity index (χ1n) is 30.5. The summed E-state index contributed by atoms with van der Waals surface area (Å²) in [5.41, 5.74) is 0. The quantitative estimate of drug-likeness (QED) is 0.0308. The maximum absolute atomic E-state index is 12.6. The van der Waals surface area contributed by atoms with Gasteiger partial charge in [-0.3, -0.25) is 4.79 Å². The highest BCUT2D eigenvalue weighted by molar-refractivity contribution is 5.80. The fraction of sp³-hybridized carbons (Fsp3) is 0.857. The molecule has 0 aliphatic heterocycles. The number of allylic oxidation sites excluding steroid dienone is 8. The first-order chi connectivity index (χ1) is 34.0. The van der Waals surface area contributed by atoms with E-state index in [1.165, 1.54) is 238 Å². The second-order valence-corrected chi connectivity index (χ2v) is 21.0. The van der Waals surface area contributed by atoms with Crippen molar-refractivity contribution < 1.29 is 25.2 Å². The van der Waals surface area contributed by atoms with Crippen LogP contribution in [-0.2, 0) is 4.79 Å². The third-order valence-corrected chi connectivity index (χ3v) is 14.2. The van der Waals surface area contributed by atoms with Crippen molar-refractivity contribution in [1.82, 2.24) is 5.32 Å². The SMILES string of the molecule is CCCCCCCCCCC/C=C\C/C=C\CCCCCCCCCCCCC(O)C(=O)NC(CO)C(O)C(O)CCC/C=C/CC/C=C/CCCCCCCCCCCCCCCCCCCC. The average Bonchev–Trinajstić information content (AvgIpc) is 3.35. The summed E-state index contributed by atoms with van der Waals surface area (Å²) in [6, 6.07) is -1.01. The van der Waals surface area contributed by atoms with Crippen molar-refractivity contribution in [3.8, 4) is 0 Å². The van der Waals surface area contributed by atoms with Crippen molar-refractivity contribution in [3.63, 3.8) is 0 Å². The van der Waals surface area contributed by atoms with Crippen molar-refractivity contribution in [3.05, 3.63) is 48.6 Å². The zero-order chi connectivity index (χ0) is 50.2. The number of rotatable bonds is 56. The predicted molar refractivity (Wildman–Crippen MR) is 302 cm³/mol. The van der Waals surface area contributed by atoms with Gasteiger partial charge in [-0.15, -0.1) is 0 Å². The molecule has 5 N–H and O–H groups in total. The van der Waals surface area contributed by atoms with E-state index in [4.69, 9.17) is 0 Å². The Balaban J connectivity index is 3.68. The standard InChI is InChI=1S/C63H119NO5/c1-3-5-7-9-11-13-15-17-19-21-23-25-27-29-31-33-34-36-38-40-42-44-46-48-50-52-54-56-60(66)62(68)59(58-65)64-63(69)61(67)57-55-53-51-49-47-45-43-41-39-37-35-32-30-28-26-24-22-20-18-16-14-12-10-8-6-4-2/h24,26,30,32,40,42,48,50,59-62,65-68H,3-23,25,27-29,31,33-39,41,43-47,49,51-58H2,1-2H3,(H,64,69)/b26-24-,32-30-,42-40+,50-48+. The molecule has 0 aliphatic carbocycles. The van der Waals surface area contributed by atoms with E-state index in [0.29, 0.717) is 19.3 Å². The van der Waals surface area contributed by atoms with E-state index in [2.05, 4.69) is 67.8 Å². The lowest BCUT2D eigenvalue weighted by molar-refractivity contribution is -0.132. The van der Waals surface area contributed by atoms with Crippen LogP contribution in [0.5, 0.6) is 0 Å². The van der Waals surface area contributed by atoms with Crippen LogP contribution >= 0.6 is 0 Å². The maximum atomic E-state index is 12.6. The normalized spacial score (nSPS) is 14.0. The van der Waals surface area contributed by atoms with Crippen LogP contribution in [0.15, 0.2) is 48.6 Å². The highest BCUT2D eigenvalue weighted by Crippen LogP contribution is 2.17. The van der Waals surface area contributed by atoms with Crippen LogP contribution in [0.3, 0.4) is 0 Å². The molecule has 0 aromatic heterocycles. The minimum Gasteiger partial charge on any atom is -0.394 e. The molecular formula is C63H119NO5. The molecule has 4 unspecified atom stereocenters. The van der Waals surface area contributed by atoms with Gasteiger partial charge < -0.3 is 25.7 Å².